The molecule has 6 heteroatoms. The first kappa shape index (κ1) is 18.0. The molecule has 0 radical (unpaired) electrons. The van der Waals surface area contributed by atoms with Crippen LogP contribution in [0.2, 0.25) is 0 Å². The molecule has 0 bridgehead atoms. The van der Waals surface area contributed by atoms with Crippen molar-refractivity contribution >= 4 is 17.2 Å². The molecule has 2 aromatic heterocycles. The Bertz CT molecular complexity index is 751. The van der Waals surface area contributed by atoms with Crippen LogP contribution in [0.25, 0.3) is 10.6 Å². The summed E-state index contributed by atoms with van der Waals surface area (Å²) in [6.07, 6.45) is 5.33. The van der Waals surface area contributed by atoms with Gasteiger partial charge in [-0.25, -0.2) is 4.98 Å². The van der Waals surface area contributed by atoms with Gasteiger partial charge in [-0.05, 0) is 59.6 Å². The summed E-state index contributed by atoms with van der Waals surface area (Å²) in [4.78, 5) is 22.2. The van der Waals surface area contributed by atoms with Gasteiger partial charge in [0.05, 0.1) is 5.69 Å². The zero-order chi connectivity index (χ0) is 18.2. The Kier molecular flexibility index (Phi) is 4.68. The van der Waals surface area contributed by atoms with Gasteiger partial charge >= 0.3 is 0 Å². The molecule has 0 aliphatic carbocycles. The topological polar surface area (TPSA) is 66.9 Å². The number of amides is 1. The fourth-order valence-corrected chi connectivity index (χ4v) is 4.85. The third-order valence-electron chi connectivity index (χ3n) is 4.44. The number of hydrogen-bond acceptors (Lipinski definition) is 5. The summed E-state index contributed by atoms with van der Waals surface area (Å²) in [6, 6.07) is 4.00. The highest BCUT2D eigenvalue weighted by Crippen LogP contribution is 2.30. The van der Waals surface area contributed by atoms with Crippen LogP contribution in [0.1, 0.15) is 55.9 Å². The molecule has 2 N–H and O–H groups in total. The van der Waals surface area contributed by atoms with Crippen molar-refractivity contribution in [2.24, 2.45) is 0 Å². The Morgan fingerprint density at radius 3 is 2.56 bits per heavy atom. The van der Waals surface area contributed by atoms with E-state index in [0.717, 1.165) is 29.1 Å². The van der Waals surface area contributed by atoms with Crippen molar-refractivity contribution in [3.8, 4) is 10.6 Å². The van der Waals surface area contributed by atoms with E-state index in [1.165, 1.54) is 11.3 Å². The lowest BCUT2D eigenvalue weighted by molar-refractivity contribution is 0.0876. The smallest absolute Gasteiger partial charge is 0.263 e. The van der Waals surface area contributed by atoms with Crippen molar-refractivity contribution in [2.75, 3.05) is 0 Å². The molecule has 25 heavy (non-hydrogen) atoms. The monoisotopic (exact) mass is 358 g/mol. The first-order valence-corrected chi connectivity index (χ1v) is 9.45. The summed E-state index contributed by atoms with van der Waals surface area (Å²) < 4.78 is 0. The van der Waals surface area contributed by atoms with E-state index in [2.05, 4.69) is 48.3 Å². The van der Waals surface area contributed by atoms with Gasteiger partial charge in [-0.15, -0.1) is 11.3 Å². The molecule has 2 aromatic rings. The number of carbonyl (C=O) groups is 1. The summed E-state index contributed by atoms with van der Waals surface area (Å²) in [6.45, 7) is 10.6. The van der Waals surface area contributed by atoms with Gasteiger partial charge in [-0.1, -0.05) is 0 Å². The summed E-state index contributed by atoms with van der Waals surface area (Å²) in [5, 5.41) is 7.71. The molecule has 0 aromatic carbocycles. The Labute approximate surface area is 153 Å². The molecule has 3 heterocycles. The van der Waals surface area contributed by atoms with E-state index >= 15 is 0 Å². The van der Waals surface area contributed by atoms with Crippen LogP contribution in [0, 0.1) is 6.92 Å². The van der Waals surface area contributed by atoms with Gasteiger partial charge in [0.25, 0.3) is 5.91 Å². The standard InChI is InChI=1S/C19H26N4OS/c1-12-15(25-17(21-12)13-7-6-8-20-11-13)16(24)22-14-9-18(2,3)23-19(4,5)10-14/h6-8,11,14,23H,9-10H2,1-5H3,(H,22,24). The van der Waals surface area contributed by atoms with E-state index in [9.17, 15) is 4.79 Å². The first-order valence-electron chi connectivity index (χ1n) is 8.63. The minimum Gasteiger partial charge on any atom is -0.348 e. The fraction of sp³-hybridized carbons (Fsp3) is 0.526. The molecule has 5 nitrogen and oxygen atoms in total. The van der Waals surface area contributed by atoms with Crippen molar-refractivity contribution in [1.82, 2.24) is 20.6 Å². The number of thiazole rings is 1. The maximum absolute atomic E-state index is 12.8. The van der Waals surface area contributed by atoms with Crippen LogP contribution in [0.5, 0.6) is 0 Å². The van der Waals surface area contributed by atoms with E-state index in [0.29, 0.717) is 4.88 Å². The summed E-state index contributed by atoms with van der Waals surface area (Å²) in [7, 11) is 0. The predicted molar refractivity (Wildman–Crippen MR) is 102 cm³/mol. The molecular formula is C19H26N4OS. The molecule has 1 fully saturated rings. The average molecular weight is 359 g/mol. The SMILES string of the molecule is Cc1nc(-c2cccnc2)sc1C(=O)NC1CC(C)(C)NC(C)(C)C1. The number of nitrogens with zero attached hydrogens (tertiary/aromatic N) is 2. The number of piperidine rings is 1. The minimum atomic E-state index is -0.0244. The molecule has 1 aliphatic heterocycles. The summed E-state index contributed by atoms with van der Waals surface area (Å²) >= 11 is 1.43. The fourth-order valence-electron chi connectivity index (χ4n) is 3.90. The van der Waals surface area contributed by atoms with E-state index in [4.69, 9.17) is 0 Å². The Balaban J connectivity index is 1.77. The van der Waals surface area contributed by atoms with Gasteiger partial charge < -0.3 is 10.6 Å². The van der Waals surface area contributed by atoms with Crippen molar-refractivity contribution < 1.29 is 4.79 Å². The van der Waals surface area contributed by atoms with Gasteiger partial charge in [-0.3, -0.25) is 9.78 Å². The van der Waals surface area contributed by atoms with E-state index in [1.807, 2.05) is 19.1 Å². The number of rotatable bonds is 3. The molecule has 3 rings (SSSR count). The van der Waals surface area contributed by atoms with Gasteiger partial charge in [0.2, 0.25) is 0 Å². The van der Waals surface area contributed by atoms with Crippen molar-refractivity contribution in [3.63, 3.8) is 0 Å². The zero-order valence-electron chi connectivity index (χ0n) is 15.5. The zero-order valence-corrected chi connectivity index (χ0v) is 16.3. The van der Waals surface area contributed by atoms with Crippen LogP contribution < -0.4 is 10.6 Å². The number of hydrogen-bond donors (Lipinski definition) is 2. The normalized spacial score (nSPS) is 19.6. The highest BCUT2D eigenvalue weighted by Gasteiger charge is 2.38. The predicted octanol–water partition coefficient (Wildman–Crippen LogP) is 3.55. The lowest BCUT2D eigenvalue weighted by atomic mass is 9.79. The van der Waals surface area contributed by atoms with Crippen LogP contribution in [0.3, 0.4) is 0 Å². The number of aryl methyl sites for hydroxylation is 1. The number of aromatic nitrogens is 2. The number of pyridine rings is 1. The van der Waals surface area contributed by atoms with Gasteiger partial charge in [0.15, 0.2) is 0 Å². The Morgan fingerprint density at radius 1 is 1.28 bits per heavy atom. The van der Waals surface area contributed by atoms with Crippen LogP contribution >= 0.6 is 11.3 Å². The van der Waals surface area contributed by atoms with Gasteiger partial charge in [-0.2, -0.15) is 0 Å². The molecule has 1 aliphatic rings. The van der Waals surface area contributed by atoms with Gasteiger partial charge in [0.1, 0.15) is 9.88 Å². The van der Waals surface area contributed by atoms with Crippen molar-refractivity contribution in [1.29, 1.82) is 0 Å². The molecular weight excluding hydrogens is 332 g/mol. The first-order chi connectivity index (χ1) is 11.7. The molecule has 0 spiro atoms. The summed E-state index contributed by atoms with van der Waals surface area (Å²) in [5.74, 6) is -0.0244. The van der Waals surface area contributed by atoms with Crippen molar-refractivity contribution in [3.05, 3.63) is 35.1 Å². The highest BCUT2D eigenvalue weighted by atomic mass is 32.1. The largest absolute Gasteiger partial charge is 0.348 e. The molecule has 0 saturated carbocycles. The molecule has 0 atom stereocenters. The second kappa shape index (κ2) is 6.50. The molecule has 1 saturated heterocycles. The van der Waals surface area contributed by atoms with Crippen molar-refractivity contribution in [2.45, 2.75) is 64.6 Å². The average Bonchev–Trinajstić information content (AvgIpc) is 2.87. The van der Waals surface area contributed by atoms with Crippen LogP contribution in [-0.4, -0.2) is 33.0 Å². The lowest BCUT2D eigenvalue weighted by Crippen LogP contribution is -2.62. The maximum Gasteiger partial charge on any atom is 0.263 e. The van der Waals surface area contributed by atoms with Crippen LogP contribution in [0.4, 0.5) is 0 Å². The number of nitrogens with one attached hydrogen (secondary N) is 2. The van der Waals surface area contributed by atoms with Crippen LogP contribution in [-0.2, 0) is 0 Å². The summed E-state index contributed by atoms with van der Waals surface area (Å²) in [5.41, 5.74) is 1.72. The minimum absolute atomic E-state index is 0.00328. The third kappa shape index (κ3) is 4.25. The molecule has 0 unspecified atom stereocenters. The second-order valence-corrected chi connectivity index (χ2v) is 9.15. The Hall–Kier alpha value is -1.79. The quantitative estimate of drug-likeness (QED) is 0.880. The number of carbonyl (C=O) groups excluding carboxylic acids is 1. The van der Waals surface area contributed by atoms with E-state index < -0.39 is 0 Å². The van der Waals surface area contributed by atoms with Crippen LogP contribution in [0.15, 0.2) is 24.5 Å². The third-order valence-corrected chi connectivity index (χ3v) is 5.64. The molecule has 134 valence electrons. The maximum atomic E-state index is 12.8. The molecule has 1 amide bonds. The second-order valence-electron chi connectivity index (χ2n) is 8.15. The van der Waals surface area contributed by atoms with E-state index in [1.54, 1.807) is 12.4 Å². The van der Waals surface area contributed by atoms with Gasteiger partial charge in [0, 0.05) is 35.1 Å². The Morgan fingerprint density at radius 2 is 1.96 bits per heavy atom. The lowest BCUT2D eigenvalue weighted by Gasteiger charge is -2.46. The highest BCUT2D eigenvalue weighted by molar-refractivity contribution is 7.17. The van der Waals surface area contributed by atoms with E-state index in [-0.39, 0.29) is 23.0 Å².